The molecule has 0 saturated carbocycles. The van der Waals surface area contributed by atoms with Gasteiger partial charge in [-0.1, -0.05) is 30.3 Å². The van der Waals surface area contributed by atoms with Crippen molar-refractivity contribution >= 4 is 38.0 Å². The fraction of sp³-hybridized carbons (Fsp3) is 0.0588. The molecule has 3 aromatic rings. The number of nitro groups is 1. The van der Waals surface area contributed by atoms with Gasteiger partial charge in [0.15, 0.2) is 11.4 Å². The normalized spacial score (nSPS) is 11.9. The van der Waals surface area contributed by atoms with E-state index in [9.17, 15) is 28.2 Å². The lowest BCUT2D eigenvalue weighted by molar-refractivity contribution is -0.384. The molecule has 0 aromatic heterocycles. The molecule has 0 atom stereocenters. The average molecular weight is 387 g/mol. The summed E-state index contributed by atoms with van der Waals surface area (Å²) < 4.78 is 32.4. The summed E-state index contributed by atoms with van der Waals surface area (Å²) in [5, 5.41) is 29.9. The quantitative estimate of drug-likeness (QED) is 0.293. The van der Waals surface area contributed by atoms with Crippen LogP contribution in [0.25, 0.3) is 10.8 Å². The Labute approximate surface area is 153 Å². The van der Waals surface area contributed by atoms with Gasteiger partial charge in [-0.25, -0.2) is 0 Å². The highest BCUT2D eigenvalue weighted by Gasteiger charge is 2.22. The first-order chi connectivity index (χ1) is 12.7. The van der Waals surface area contributed by atoms with Crippen LogP contribution in [-0.2, 0) is 10.1 Å². The van der Waals surface area contributed by atoms with Crippen LogP contribution in [0.2, 0.25) is 0 Å². The fourth-order valence-corrected chi connectivity index (χ4v) is 3.18. The predicted octanol–water partition coefficient (Wildman–Crippen LogP) is 4.42. The summed E-state index contributed by atoms with van der Waals surface area (Å²) in [5.74, 6) is -0.796. The number of phenolic OH excluding ortho intramolecular Hbond substituents is 1. The number of aromatic hydroxyl groups is 1. The highest BCUT2D eigenvalue weighted by molar-refractivity contribution is 7.86. The molecule has 138 valence electrons. The van der Waals surface area contributed by atoms with Crippen LogP contribution in [0, 0.1) is 17.0 Å². The van der Waals surface area contributed by atoms with Crippen LogP contribution in [0.1, 0.15) is 5.56 Å². The lowest BCUT2D eigenvalue weighted by atomic mass is 10.1. The van der Waals surface area contributed by atoms with Crippen molar-refractivity contribution in [1.82, 2.24) is 0 Å². The van der Waals surface area contributed by atoms with E-state index in [4.69, 9.17) is 0 Å². The molecule has 0 radical (unpaired) electrons. The number of aryl methyl sites for hydroxylation is 1. The summed E-state index contributed by atoms with van der Waals surface area (Å²) in [6.07, 6.45) is 0. The van der Waals surface area contributed by atoms with Crippen LogP contribution in [0.5, 0.6) is 5.75 Å². The van der Waals surface area contributed by atoms with Gasteiger partial charge in [0.25, 0.3) is 15.8 Å². The Morgan fingerprint density at radius 3 is 2.44 bits per heavy atom. The molecule has 27 heavy (non-hydrogen) atoms. The van der Waals surface area contributed by atoms with Gasteiger partial charge in [0.05, 0.1) is 4.92 Å². The smallest absolute Gasteiger partial charge is 0.298 e. The molecule has 0 bridgehead atoms. The van der Waals surface area contributed by atoms with E-state index >= 15 is 0 Å². The molecular formula is C17H13N3O6S. The molecule has 0 aliphatic rings. The van der Waals surface area contributed by atoms with Gasteiger partial charge in [-0.05, 0) is 30.0 Å². The summed E-state index contributed by atoms with van der Waals surface area (Å²) in [5.41, 5.74) is 0.131. The van der Waals surface area contributed by atoms with Gasteiger partial charge in [0, 0.05) is 11.5 Å². The monoisotopic (exact) mass is 387 g/mol. The van der Waals surface area contributed by atoms with Gasteiger partial charge >= 0.3 is 0 Å². The fourth-order valence-electron chi connectivity index (χ4n) is 2.56. The molecule has 10 heteroatoms. The lowest BCUT2D eigenvalue weighted by Gasteiger charge is -2.08. The SMILES string of the molecule is Cc1ccc([N+](=O)[O-])c(N=Nc2c(O)c(S(=O)(=O)O)cc3ccccc23)c1. The minimum absolute atomic E-state index is 0.0549. The molecule has 0 heterocycles. The zero-order valence-corrected chi connectivity index (χ0v) is 14.7. The number of rotatable bonds is 4. The van der Waals surface area contributed by atoms with Crippen LogP contribution in [-0.4, -0.2) is 23.0 Å². The van der Waals surface area contributed by atoms with E-state index in [1.165, 1.54) is 12.1 Å². The van der Waals surface area contributed by atoms with E-state index < -0.39 is 25.7 Å². The van der Waals surface area contributed by atoms with Gasteiger partial charge in [-0.2, -0.15) is 8.42 Å². The van der Waals surface area contributed by atoms with Gasteiger partial charge in [0.2, 0.25) is 0 Å². The number of benzene rings is 3. The van der Waals surface area contributed by atoms with Gasteiger partial charge in [-0.15, -0.1) is 10.2 Å². The Kier molecular flexibility index (Phi) is 4.60. The molecule has 3 rings (SSSR count). The highest BCUT2D eigenvalue weighted by atomic mass is 32.2. The summed E-state index contributed by atoms with van der Waals surface area (Å²) >= 11 is 0. The second-order valence-corrected chi connectivity index (χ2v) is 7.11. The van der Waals surface area contributed by atoms with E-state index in [-0.39, 0.29) is 17.1 Å². The molecule has 3 aromatic carbocycles. The van der Waals surface area contributed by atoms with Crippen molar-refractivity contribution in [2.75, 3.05) is 0 Å². The Balaban J connectivity index is 2.27. The second kappa shape index (κ2) is 6.74. The third kappa shape index (κ3) is 3.61. The van der Waals surface area contributed by atoms with E-state index in [0.717, 1.165) is 6.07 Å². The first-order valence-corrected chi connectivity index (χ1v) is 9.01. The number of hydrogen-bond donors (Lipinski definition) is 2. The van der Waals surface area contributed by atoms with E-state index in [2.05, 4.69) is 10.2 Å². The maximum atomic E-state index is 11.5. The number of hydrogen-bond acceptors (Lipinski definition) is 7. The minimum atomic E-state index is -4.72. The molecule has 0 fully saturated rings. The molecule has 0 aliphatic heterocycles. The van der Waals surface area contributed by atoms with Crippen molar-refractivity contribution in [2.24, 2.45) is 10.2 Å². The second-order valence-electron chi connectivity index (χ2n) is 5.72. The maximum absolute atomic E-state index is 11.5. The van der Waals surface area contributed by atoms with Crippen LogP contribution < -0.4 is 0 Å². The molecule has 9 nitrogen and oxygen atoms in total. The standard InChI is InChI=1S/C17H13N3O6S/c1-10-6-7-14(20(22)23)13(8-10)18-19-16-12-5-3-2-4-11(12)9-15(17(16)21)27(24,25)26/h2-9,21H,1H3,(H,24,25,26). The van der Waals surface area contributed by atoms with Gasteiger partial charge in [-0.3, -0.25) is 14.7 Å². The first kappa shape index (κ1) is 18.4. The van der Waals surface area contributed by atoms with E-state index in [1.54, 1.807) is 37.3 Å². The number of nitrogens with zero attached hydrogens (tertiary/aromatic N) is 3. The van der Waals surface area contributed by atoms with Crippen LogP contribution >= 0.6 is 0 Å². The molecule has 0 saturated heterocycles. The molecule has 0 aliphatic carbocycles. The number of azo groups is 1. The van der Waals surface area contributed by atoms with Crippen LogP contribution in [0.3, 0.4) is 0 Å². The van der Waals surface area contributed by atoms with Gasteiger partial charge < -0.3 is 5.11 Å². The largest absolute Gasteiger partial charge is 0.504 e. The number of nitro benzene ring substituents is 1. The average Bonchev–Trinajstić information content (AvgIpc) is 2.59. The van der Waals surface area contributed by atoms with Crippen molar-refractivity contribution in [3.8, 4) is 5.75 Å². The Morgan fingerprint density at radius 1 is 1.07 bits per heavy atom. The number of phenols is 1. The zero-order chi connectivity index (χ0) is 19.8. The third-order valence-corrected chi connectivity index (χ3v) is 4.69. The van der Waals surface area contributed by atoms with Crippen LogP contribution in [0.15, 0.2) is 63.7 Å². The summed E-state index contributed by atoms with van der Waals surface area (Å²) in [4.78, 5) is 9.80. The predicted molar refractivity (Wildman–Crippen MR) is 97.4 cm³/mol. The Bertz CT molecular complexity index is 1200. The topological polar surface area (TPSA) is 142 Å². The van der Waals surface area contributed by atoms with Crippen molar-refractivity contribution in [2.45, 2.75) is 11.8 Å². The third-order valence-electron chi connectivity index (χ3n) is 3.82. The van der Waals surface area contributed by atoms with Crippen molar-refractivity contribution in [3.63, 3.8) is 0 Å². The summed E-state index contributed by atoms with van der Waals surface area (Å²) in [7, 11) is -4.72. The molecule has 2 N–H and O–H groups in total. The molecular weight excluding hydrogens is 374 g/mol. The zero-order valence-electron chi connectivity index (χ0n) is 13.9. The van der Waals surface area contributed by atoms with Crippen LogP contribution in [0.4, 0.5) is 17.1 Å². The Hall–Kier alpha value is -3.37. The minimum Gasteiger partial charge on any atom is -0.504 e. The summed E-state index contributed by atoms with van der Waals surface area (Å²) in [6.45, 7) is 1.72. The first-order valence-electron chi connectivity index (χ1n) is 7.57. The van der Waals surface area contributed by atoms with Gasteiger partial charge in [0.1, 0.15) is 10.6 Å². The molecule has 0 spiro atoms. The maximum Gasteiger partial charge on any atom is 0.298 e. The molecule has 0 amide bonds. The van der Waals surface area contributed by atoms with Crippen molar-refractivity contribution in [1.29, 1.82) is 0 Å². The molecule has 0 unspecified atom stereocenters. The van der Waals surface area contributed by atoms with E-state index in [1.807, 2.05) is 0 Å². The van der Waals surface area contributed by atoms with Crippen molar-refractivity contribution in [3.05, 3.63) is 64.2 Å². The summed E-state index contributed by atoms with van der Waals surface area (Å²) in [6, 6.07) is 11.8. The lowest BCUT2D eigenvalue weighted by Crippen LogP contribution is -1.98. The number of fused-ring (bicyclic) bond motifs is 1. The highest BCUT2D eigenvalue weighted by Crippen LogP contribution is 2.41. The van der Waals surface area contributed by atoms with E-state index in [0.29, 0.717) is 16.3 Å². The van der Waals surface area contributed by atoms with Crippen molar-refractivity contribution < 1.29 is 23.0 Å². The Morgan fingerprint density at radius 2 is 1.78 bits per heavy atom.